The van der Waals surface area contributed by atoms with Crippen molar-refractivity contribution < 1.29 is 0 Å². The summed E-state index contributed by atoms with van der Waals surface area (Å²) < 4.78 is 0. The average Bonchev–Trinajstić information content (AvgIpc) is 3.45. The van der Waals surface area contributed by atoms with Gasteiger partial charge in [-0.05, 0) is 119 Å². The number of aromatic nitrogens is 4. The largest absolute Gasteiger partial charge is 0.256 e. The van der Waals surface area contributed by atoms with E-state index in [1.54, 1.807) is 5.56 Å². The fourth-order valence-corrected chi connectivity index (χ4v) is 10.7. The lowest BCUT2D eigenvalue weighted by atomic mass is 9.43. The summed E-state index contributed by atoms with van der Waals surface area (Å²) in [6.45, 7) is 0. The van der Waals surface area contributed by atoms with Crippen molar-refractivity contribution in [2.45, 2.75) is 37.5 Å². The van der Waals surface area contributed by atoms with Gasteiger partial charge in [-0.25, -0.2) is 15.0 Å². The van der Waals surface area contributed by atoms with Crippen LogP contribution in [0.3, 0.4) is 0 Å². The fraction of sp³-hybridized carbons (Fsp3) is 0.217. The second-order valence-electron chi connectivity index (χ2n) is 15.1. The van der Waals surface area contributed by atoms with Crippen LogP contribution in [0.25, 0.3) is 67.3 Å². The van der Waals surface area contributed by atoms with Crippen molar-refractivity contribution in [3.63, 3.8) is 0 Å². The molecule has 5 aliphatic carbocycles. The van der Waals surface area contributed by atoms with Gasteiger partial charge in [-0.15, -0.1) is 0 Å². The maximum absolute atomic E-state index is 5.21. The quantitative estimate of drug-likeness (QED) is 0.191. The highest BCUT2D eigenvalue weighted by molar-refractivity contribution is 5.94. The predicted octanol–water partition coefficient (Wildman–Crippen LogP) is 10.8. The van der Waals surface area contributed by atoms with Gasteiger partial charge in [0.2, 0.25) is 0 Å². The smallest absolute Gasteiger partial charge is 0.164 e. The summed E-state index contributed by atoms with van der Waals surface area (Å²) in [7, 11) is 0. The fourth-order valence-electron chi connectivity index (χ4n) is 10.7. The molecule has 4 bridgehead atoms. The Morgan fingerprint density at radius 1 is 0.440 bits per heavy atom. The molecule has 0 aliphatic heterocycles. The Bertz CT molecular complexity index is 2410. The molecule has 5 aromatic carbocycles. The van der Waals surface area contributed by atoms with Crippen LogP contribution >= 0.6 is 0 Å². The summed E-state index contributed by atoms with van der Waals surface area (Å²) in [6, 6.07) is 45.8. The summed E-state index contributed by atoms with van der Waals surface area (Å²) in [5.74, 6) is 5.25. The monoisotopic (exact) mass is 644 g/mol. The Hall–Kier alpha value is -5.48. The minimum absolute atomic E-state index is 0.0531. The molecule has 4 saturated carbocycles. The van der Waals surface area contributed by atoms with Crippen LogP contribution in [0.5, 0.6) is 0 Å². The zero-order valence-corrected chi connectivity index (χ0v) is 27.8. The topological polar surface area (TPSA) is 51.6 Å². The van der Waals surface area contributed by atoms with E-state index in [0.29, 0.717) is 23.5 Å². The van der Waals surface area contributed by atoms with Gasteiger partial charge in [-0.2, -0.15) is 0 Å². The Kier molecular flexibility index (Phi) is 6.10. The van der Waals surface area contributed by atoms with Crippen molar-refractivity contribution in [1.82, 2.24) is 19.9 Å². The third kappa shape index (κ3) is 4.17. The van der Waals surface area contributed by atoms with E-state index in [-0.39, 0.29) is 5.41 Å². The number of benzene rings is 5. The average molecular weight is 645 g/mol. The molecule has 0 unspecified atom stereocenters. The van der Waals surface area contributed by atoms with Gasteiger partial charge < -0.3 is 0 Å². The molecule has 4 fully saturated rings. The Morgan fingerprint density at radius 2 is 1.00 bits per heavy atom. The molecule has 0 saturated heterocycles. The third-order valence-electron chi connectivity index (χ3n) is 12.5. The van der Waals surface area contributed by atoms with E-state index in [9.17, 15) is 0 Å². The second-order valence-corrected chi connectivity index (χ2v) is 15.1. The molecule has 1 spiro atoms. The van der Waals surface area contributed by atoms with Gasteiger partial charge in [0.1, 0.15) is 0 Å². The molecule has 240 valence electrons. The van der Waals surface area contributed by atoms with Crippen LogP contribution < -0.4 is 0 Å². The van der Waals surface area contributed by atoms with Crippen LogP contribution in [0, 0.1) is 23.7 Å². The molecule has 0 N–H and O–H groups in total. The van der Waals surface area contributed by atoms with E-state index in [1.807, 2.05) is 42.6 Å². The zero-order chi connectivity index (χ0) is 32.8. The van der Waals surface area contributed by atoms with E-state index in [2.05, 4.69) is 96.0 Å². The highest BCUT2D eigenvalue weighted by atomic mass is 15.0. The molecule has 12 rings (SSSR count). The number of nitrogens with zero attached hydrogens (tertiary/aromatic N) is 4. The Labute approximate surface area is 292 Å². The first-order valence-corrected chi connectivity index (χ1v) is 18.2. The molecular weight excluding hydrogens is 609 g/mol. The van der Waals surface area contributed by atoms with E-state index in [0.717, 1.165) is 45.6 Å². The number of hydrogen-bond acceptors (Lipinski definition) is 4. The second kappa shape index (κ2) is 10.8. The van der Waals surface area contributed by atoms with Crippen LogP contribution in [-0.4, -0.2) is 19.9 Å². The lowest BCUT2D eigenvalue weighted by Gasteiger charge is -2.61. The molecule has 5 aliphatic rings. The maximum Gasteiger partial charge on any atom is 0.164 e. The first-order chi connectivity index (χ1) is 24.7. The minimum atomic E-state index is 0.0531. The van der Waals surface area contributed by atoms with E-state index in [1.165, 1.54) is 59.6 Å². The van der Waals surface area contributed by atoms with Gasteiger partial charge in [0, 0.05) is 33.9 Å². The Balaban J connectivity index is 1.09. The number of fused-ring (bicyclic) bond motifs is 4. The van der Waals surface area contributed by atoms with Crippen LogP contribution in [0.4, 0.5) is 0 Å². The number of hydrogen-bond donors (Lipinski definition) is 0. The van der Waals surface area contributed by atoms with Crippen molar-refractivity contribution in [3.8, 4) is 56.5 Å². The third-order valence-corrected chi connectivity index (χ3v) is 12.5. The van der Waals surface area contributed by atoms with Crippen molar-refractivity contribution in [2.24, 2.45) is 23.7 Å². The standard InChI is InChI=1S/C46H36N4/c1-2-8-31(9-3-1)43-48-44(32-15-13-30(14-16-32)42-12-6-7-19-47-42)50-45(49-43)35-17-18-38-39-25-33-10-4-5-11-34(33)26-41(39)46(40(38)27-35)36-21-28-20-29(23-36)24-37(46)22-28/h1-19,25-29,36-37H,20-24H2. The minimum Gasteiger partial charge on any atom is -0.256 e. The SMILES string of the molecule is c1ccc(-c2nc(-c3ccc(-c4ccccn4)cc3)nc(-c3ccc4c(c3)C3(c5cc6ccccc6cc5-4)C4CC5CC(C4)CC3C5)n2)cc1. The lowest BCUT2D eigenvalue weighted by molar-refractivity contribution is -0.0398. The predicted molar refractivity (Wildman–Crippen MR) is 200 cm³/mol. The highest BCUT2D eigenvalue weighted by Crippen LogP contribution is 2.69. The van der Waals surface area contributed by atoms with E-state index < -0.39 is 0 Å². The van der Waals surface area contributed by atoms with E-state index in [4.69, 9.17) is 15.0 Å². The van der Waals surface area contributed by atoms with E-state index >= 15 is 0 Å². The Morgan fingerprint density at radius 3 is 1.68 bits per heavy atom. The van der Waals surface area contributed by atoms with Gasteiger partial charge in [-0.3, -0.25) is 4.98 Å². The van der Waals surface area contributed by atoms with Gasteiger partial charge in [-0.1, -0.05) is 97.1 Å². The van der Waals surface area contributed by atoms with Crippen molar-refractivity contribution in [2.75, 3.05) is 0 Å². The lowest BCUT2D eigenvalue weighted by Crippen LogP contribution is -2.55. The van der Waals surface area contributed by atoms with Crippen LogP contribution in [0.15, 0.2) is 134 Å². The summed E-state index contributed by atoms with van der Waals surface area (Å²) >= 11 is 0. The molecule has 0 amide bonds. The van der Waals surface area contributed by atoms with Crippen LogP contribution in [-0.2, 0) is 5.41 Å². The highest BCUT2D eigenvalue weighted by Gasteiger charge is 2.61. The molecule has 0 atom stereocenters. The van der Waals surface area contributed by atoms with Crippen molar-refractivity contribution in [3.05, 3.63) is 145 Å². The number of pyridine rings is 1. The number of rotatable bonds is 4. The molecule has 0 radical (unpaired) electrons. The molecule has 2 aromatic heterocycles. The normalized spacial score (nSPS) is 24.1. The van der Waals surface area contributed by atoms with Gasteiger partial charge in [0.05, 0.1) is 5.69 Å². The first-order valence-electron chi connectivity index (χ1n) is 18.2. The van der Waals surface area contributed by atoms with Gasteiger partial charge in [0.25, 0.3) is 0 Å². The molecule has 4 nitrogen and oxygen atoms in total. The van der Waals surface area contributed by atoms with Crippen molar-refractivity contribution >= 4 is 10.8 Å². The summed E-state index contributed by atoms with van der Waals surface area (Å²) in [6.07, 6.45) is 8.69. The van der Waals surface area contributed by atoms with Gasteiger partial charge >= 0.3 is 0 Å². The summed E-state index contributed by atoms with van der Waals surface area (Å²) in [5.41, 5.74) is 11.0. The molecular formula is C46H36N4. The van der Waals surface area contributed by atoms with Crippen molar-refractivity contribution in [1.29, 1.82) is 0 Å². The molecule has 50 heavy (non-hydrogen) atoms. The van der Waals surface area contributed by atoms with Gasteiger partial charge in [0.15, 0.2) is 17.5 Å². The van der Waals surface area contributed by atoms with Crippen LogP contribution in [0.2, 0.25) is 0 Å². The maximum atomic E-state index is 5.21. The molecule has 2 heterocycles. The summed E-state index contributed by atoms with van der Waals surface area (Å²) in [5, 5.41) is 2.68. The zero-order valence-electron chi connectivity index (χ0n) is 27.8. The summed E-state index contributed by atoms with van der Waals surface area (Å²) in [4.78, 5) is 20.0. The van der Waals surface area contributed by atoms with Crippen LogP contribution in [0.1, 0.15) is 43.2 Å². The first kappa shape index (κ1) is 28.4. The molecule has 7 aromatic rings. The molecule has 4 heteroatoms.